The highest BCUT2D eigenvalue weighted by molar-refractivity contribution is 7.99. The van der Waals surface area contributed by atoms with E-state index in [1.54, 1.807) is 6.26 Å². The summed E-state index contributed by atoms with van der Waals surface area (Å²) in [5, 5.41) is 6.57. The van der Waals surface area contributed by atoms with Gasteiger partial charge in [0.25, 0.3) is 0 Å². The zero-order chi connectivity index (χ0) is 11.2. The zero-order valence-electron chi connectivity index (χ0n) is 9.43. The van der Waals surface area contributed by atoms with Crippen LogP contribution in [-0.4, -0.2) is 35.8 Å². The lowest BCUT2D eigenvalue weighted by atomic mass is 10.3. The van der Waals surface area contributed by atoms with Crippen LogP contribution in [0.25, 0.3) is 6.08 Å². The standard InChI is InChI=1S/C12H16N2OS/c1-11(9-12-3-2-6-15-12)10-13-14-4-7-16-8-5-14/h2-3,6,9-10H,4-5,7-8H2,1H3/b11-9+,13-10+. The van der Waals surface area contributed by atoms with E-state index in [9.17, 15) is 0 Å². The topological polar surface area (TPSA) is 28.7 Å². The van der Waals surface area contributed by atoms with Gasteiger partial charge in [0.1, 0.15) is 5.76 Å². The molecule has 0 spiro atoms. The molecule has 0 unspecified atom stereocenters. The second kappa shape index (κ2) is 5.80. The zero-order valence-corrected chi connectivity index (χ0v) is 10.2. The highest BCUT2D eigenvalue weighted by Crippen LogP contribution is 2.10. The summed E-state index contributed by atoms with van der Waals surface area (Å²) in [5.74, 6) is 3.23. The van der Waals surface area contributed by atoms with Crippen LogP contribution in [-0.2, 0) is 0 Å². The largest absolute Gasteiger partial charge is 0.465 e. The van der Waals surface area contributed by atoms with Gasteiger partial charge in [-0.2, -0.15) is 16.9 Å². The minimum atomic E-state index is 0.873. The van der Waals surface area contributed by atoms with Crippen molar-refractivity contribution in [3.05, 3.63) is 29.7 Å². The molecule has 0 atom stereocenters. The van der Waals surface area contributed by atoms with Gasteiger partial charge >= 0.3 is 0 Å². The molecule has 0 amide bonds. The van der Waals surface area contributed by atoms with Gasteiger partial charge in [-0.15, -0.1) is 0 Å². The Labute approximate surface area is 100 Å². The van der Waals surface area contributed by atoms with Crippen molar-refractivity contribution in [2.24, 2.45) is 5.10 Å². The van der Waals surface area contributed by atoms with Crippen LogP contribution in [0.4, 0.5) is 0 Å². The fraction of sp³-hybridized carbons (Fsp3) is 0.417. The third kappa shape index (κ3) is 3.45. The molecule has 1 fully saturated rings. The van der Waals surface area contributed by atoms with E-state index in [0.29, 0.717) is 0 Å². The summed E-state index contributed by atoms with van der Waals surface area (Å²) in [6.07, 6.45) is 5.57. The molecule has 3 nitrogen and oxygen atoms in total. The summed E-state index contributed by atoms with van der Waals surface area (Å²) >= 11 is 1.99. The fourth-order valence-corrected chi connectivity index (χ4v) is 2.36. The van der Waals surface area contributed by atoms with Crippen LogP contribution >= 0.6 is 11.8 Å². The molecule has 0 aliphatic carbocycles. The monoisotopic (exact) mass is 236 g/mol. The van der Waals surface area contributed by atoms with Gasteiger partial charge in [0, 0.05) is 24.6 Å². The van der Waals surface area contributed by atoms with Crippen LogP contribution in [0.1, 0.15) is 12.7 Å². The van der Waals surface area contributed by atoms with E-state index in [4.69, 9.17) is 4.42 Å². The van der Waals surface area contributed by atoms with Crippen molar-refractivity contribution in [3.63, 3.8) is 0 Å². The number of thioether (sulfide) groups is 1. The van der Waals surface area contributed by atoms with E-state index in [1.807, 2.05) is 43.1 Å². The summed E-state index contributed by atoms with van der Waals surface area (Å²) in [6, 6.07) is 3.83. The Kier molecular flexibility index (Phi) is 4.10. The normalized spacial score (nSPS) is 18.3. The summed E-state index contributed by atoms with van der Waals surface area (Å²) in [7, 11) is 0. The van der Waals surface area contributed by atoms with E-state index in [2.05, 4.69) is 10.1 Å². The third-order valence-corrected chi connectivity index (χ3v) is 3.27. The van der Waals surface area contributed by atoms with E-state index >= 15 is 0 Å². The smallest absolute Gasteiger partial charge is 0.126 e. The molecule has 0 saturated carbocycles. The highest BCUT2D eigenvalue weighted by Gasteiger charge is 2.06. The van der Waals surface area contributed by atoms with Gasteiger partial charge in [-0.05, 0) is 30.7 Å². The Morgan fingerprint density at radius 2 is 2.31 bits per heavy atom. The summed E-state index contributed by atoms with van der Waals surface area (Å²) in [6.45, 7) is 4.13. The predicted molar refractivity (Wildman–Crippen MR) is 69.7 cm³/mol. The summed E-state index contributed by atoms with van der Waals surface area (Å²) < 4.78 is 5.24. The maximum absolute atomic E-state index is 5.24. The Balaban J connectivity index is 1.90. The molecular weight excluding hydrogens is 220 g/mol. The Morgan fingerprint density at radius 3 is 3.00 bits per heavy atom. The molecule has 1 aliphatic heterocycles. The minimum absolute atomic E-state index is 0.873. The lowest BCUT2D eigenvalue weighted by Crippen LogP contribution is -2.27. The van der Waals surface area contributed by atoms with Gasteiger partial charge in [-0.1, -0.05) is 0 Å². The molecule has 16 heavy (non-hydrogen) atoms. The molecule has 86 valence electrons. The van der Waals surface area contributed by atoms with Crippen molar-refractivity contribution in [2.45, 2.75) is 6.92 Å². The average molecular weight is 236 g/mol. The van der Waals surface area contributed by atoms with Crippen molar-refractivity contribution in [1.82, 2.24) is 5.01 Å². The Bertz CT molecular complexity index is 364. The molecule has 0 radical (unpaired) electrons. The quantitative estimate of drug-likeness (QED) is 0.756. The molecule has 4 heteroatoms. The van der Waals surface area contributed by atoms with Crippen molar-refractivity contribution in [3.8, 4) is 0 Å². The maximum Gasteiger partial charge on any atom is 0.126 e. The van der Waals surface area contributed by atoms with Crippen LogP contribution < -0.4 is 0 Å². The van der Waals surface area contributed by atoms with E-state index < -0.39 is 0 Å². The van der Waals surface area contributed by atoms with Crippen LogP contribution in [0.5, 0.6) is 0 Å². The molecule has 1 aromatic rings. The van der Waals surface area contributed by atoms with Gasteiger partial charge in [0.2, 0.25) is 0 Å². The van der Waals surface area contributed by atoms with Gasteiger partial charge < -0.3 is 4.42 Å². The second-order valence-corrected chi connectivity index (χ2v) is 4.94. The van der Waals surface area contributed by atoms with Crippen molar-refractivity contribution in [2.75, 3.05) is 24.6 Å². The Morgan fingerprint density at radius 1 is 1.50 bits per heavy atom. The van der Waals surface area contributed by atoms with E-state index in [1.165, 1.54) is 11.5 Å². The minimum Gasteiger partial charge on any atom is -0.465 e. The van der Waals surface area contributed by atoms with Gasteiger partial charge in [0.15, 0.2) is 0 Å². The number of hydrogen-bond donors (Lipinski definition) is 0. The number of furan rings is 1. The van der Waals surface area contributed by atoms with Gasteiger partial charge in [0.05, 0.1) is 12.5 Å². The molecule has 1 aliphatic rings. The molecule has 2 heterocycles. The summed E-state index contributed by atoms with van der Waals surface area (Å²) in [5.41, 5.74) is 1.10. The first-order valence-electron chi connectivity index (χ1n) is 5.43. The number of hydrogen-bond acceptors (Lipinski definition) is 4. The number of hydrazone groups is 1. The van der Waals surface area contributed by atoms with Crippen molar-refractivity contribution < 1.29 is 4.42 Å². The van der Waals surface area contributed by atoms with Gasteiger partial charge in [-0.25, -0.2) is 0 Å². The van der Waals surface area contributed by atoms with Crippen LogP contribution in [0.15, 0.2) is 33.5 Å². The molecule has 0 N–H and O–H groups in total. The first-order valence-corrected chi connectivity index (χ1v) is 6.58. The maximum atomic E-state index is 5.24. The van der Waals surface area contributed by atoms with E-state index in [0.717, 1.165) is 24.4 Å². The lowest BCUT2D eigenvalue weighted by Gasteiger charge is -2.22. The molecule has 2 rings (SSSR count). The number of rotatable bonds is 3. The average Bonchev–Trinajstić information content (AvgIpc) is 2.81. The summed E-state index contributed by atoms with van der Waals surface area (Å²) in [4.78, 5) is 0. The first kappa shape index (κ1) is 11.3. The predicted octanol–water partition coefficient (Wildman–Crippen LogP) is 2.72. The lowest BCUT2D eigenvalue weighted by molar-refractivity contribution is 0.322. The molecular formula is C12H16N2OS. The fourth-order valence-electron chi connectivity index (χ4n) is 1.48. The van der Waals surface area contributed by atoms with Gasteiger partial charge in [-0.3, -0.25) is 5.01 Å². The third-order valence-electron chi connectivity index (χ3n) is 2.33. The van der Waals surface area contributed by atoms with Crippen LogP contribution in [0.3, 0.4) is 0 Å². The SMILES string of the molecule is CC(/C=N/N1CCSCC1)=C\c1ccco1. The van der Waals surface area contributed by atoms with Crippen LogP contribution in [0, 0.1) is 0 Å². The molecule has 0 aromatic carbocycles. The Hall–Kier alpha value is -1.16. The number of nitrogens with zero attached hydrogens (tertiary/aromatic N) is 2. The molecule has 1 aromatic heterocycles. The van der Waals surface area contributed by atoms with E-state index in [-0.39, 0.29) is 0 Å². The molecule has 1 saturated heterocycles. The highest BCUT2D eigenvalue weighted by atomic mass is 32.2. The van der Waals surface area contributed by atoms with Crippen molar-refractivity contribution >= 4 is 24.1 Å². The molecule has 0 bridgehead atoms. The second-order valence-electron chi connectivity index (χ2n) is 3.71. The first-order chi connectivity index (χ1) is 7.84. The van der Waals surface area contributed by atoms with Crippen molar-refractivity contribution in [1.29, 1.82) is 0 Å². The number of allylic oxidation sites excluding steroid dienone is 1. The van der Waals surface area contributed by atoms with Crippen LogP contribution in [0.2, 0.25) is 0 Å².